The second kappa shape index (κ2) is 7.55. The highest BCUT2D eigenvalue weighted by Gasteiger charge is 2.18. The number of hydrazine groups is 1. The number of carbonyl (C=O) groups excluding carboxylic acids is 1. The van der Waals surface area contributed by atoms with E-state index in [0.29, 0.717) is 18.8 Å². The molecule has 1 amide bonds. The molecule has 1 aromatic carbocycles. The first-order valence-electron chi connectivity index (χ1n) is 6.11. The van der Waals surface area contributed by atoms with Gasteiger partial charge < -0.3 is 9.47 Å². The van der Waals surface area contributed by atoms with Crippen LogP contribution in [0.25, 0.3) is 0 Å². The number of amides is 1. The molecule has 5 heteroatoms. The van der Waals surface area contributed by atoms with Gasteiger partial charge in [0.15, 0.2) is 6.10 Å². The SMILES string of the molecule is CCCC(Oc1ccc(OCC)cc1)C(=O)NN. The molecule has 3 N–H and O–H groups in total. The molecule has 0 aliphatic carbocycles. The third-order valence-electron chi connectivity index (χ3n) is 2.40. The van der Waals surface area contributed by atoms with Crippen LogP contribution in [0.2, 0.25) is 0 Å². The van der Waals surface area contributed by atoms with E-state index in [1.807, 2.05) is 26.0 Å². The second-order valence-corrected chi connectivity index (χ2v) is 3.81. The number of rotatable bonds is 7. The van der Waals surface area contributed by atoms with E-state index < -0.39 is 6.10 Å². The molecule has 0 fully saturated rings. The molecule has 0 aliphatic heterocycles. The van der Waals surface area contributed by atoms with Gasteiger partial charge >= 0.3 is 0 Å². The monoisotopic (exact) mass is 252 g/mol. The largest absolute Gasteiger partial charge is 0.494 e. The molecular formula is C13H20N2O3. The third kappa shape index (κ3) is 4.25. The molecule has 18 heavy (non-hydrogen) atoms. The molecule has 1 atom stereocenters. The molecule has 0 saturated heterocycles. The van der Waals surface area contributed by atoms with E-state index in [1.165, 1.54) is 0 Å². The Morgan fingerprint density at radius 1 is 1.28 bits per heavy atom. The van der Waals surface area contributed by atoms with Crippen molar-refractivity contribution in [3.63, 3.8) is 0 Å². The van der Waals surface area contributed by atoms with Crippen LogP contribution in [0.1, 0.15) is 26.7 Å². The van der Waals surface area contributed by atoms with Gasteiger partial charge in [-0.1, -0.05) is 13.3 Å². The van der Waals surface area contributed by atoms with Crippen molar-refractivity contribution in [2.45, 2.75) is 32.8 Å². The fraction of sp³-hybridized carbons (Fsp3) is 0.462. The number of ether oxygens (including phenoxy) is 2. The zero-order valence-corrected chi connectivity index (χ0v) is 10.8. The van der Waals surface area contributed by atoms with E-state index in [4.69, 9.17) is 15.3 Å². The van der Waals surface area contributed by atoms with Gasteiger partial charge in [-0.25, -0.2) is 5.84 Å². The van der Waals surface area contributed by atoms with Crippen LogP contribution in [0.15, 0.2) is 24.3 Å². The Bertz CT molecular complexity index is 365. The van der Waals surface area contributed by atoms with Gasteiger partial charge in [0.05, 0.1) is 6.61 Å². The summed E-state index contributed by atoms with van der Waals surface area (Å²) in [6.07, 6.45) is 0.906. The lowest BCUT2D eigenvalue weighted by atomic mass is 10.2. The molecule has 0 spiro atoms. The normalized spacial score (nSPS) is 11.7. The van der Waals surface area contributed by atoms with E-state index in [-0.39, 0.29) is 5.91 Å². The summed E-state index contributed by atoms with van der Waals surface area (Å²) in [4.78, 5) is 11.5. The van der Waals surface area contributed by atoms with Crippen molar-refractivity contribution in [2.75, 3.05) is 6.61 Å². The lowest BCUT2D eigenvalue weighted by molar-refractivity contribution is -0.128. The first kappa shape index (κ1) is 14.3. The van der Waals surface area contributed by atoms with Crippen molar-refractivity contribution in [3.05, 3.63) is 24.3 Å². The minimum atomic E-state index is -0.557. The van der Waals surface area contributed by atoms with Crippen molar-refractivity contribution in [1.29, 1.82) is 0 Å². The fourth-order valence-corrected chi connectivity index (χ4v) is 1.54. The van der Waals surface area contributed by atoms with Crippen LogP contribution in [0.4, 0.5) is 0 Å². The lowest BCUT2D eigenvalue weighted by Gasteiger charge is -2.17. The highest BCUT2D eigenvalue weighted by molar-refractivity contribution is 5.80. The number of hydrogen-bond donors (Lipinski definition) is 2. The number of hydrogen-bond acceptors (Lipinski definition) is 4. The van der Waals surface area contributed by atoms with E-state index in [9.17, 15) is 4.79 Å². The van der Waals surface area contributed by atoms with E-state index in [2.05, 4.69) is 5.43 Å². The van der Waals surface area contributed by atoms with Gasteiger partial charge in [-0.2, -0.15) is 0 Å². The maximum atomic E-state index is 11.5. The summed E-state index contributed by atoms with van der Waals surface area (Å²) in [5, 5.41) is 0. The van der Waals surface area contributed by atoms with Gasteiger partial charge in [0.2, 0.25) is 0 Å². The third-order valence-corrected chi connectivity index (χ3v) is 2.40. The van der Waals surface area contributed by atoms with Crippen LogP contribution in [0, 0.1) is 0 Å². The standard InChI is InChI=1S/C13H20N2O3/c1-3-5-12(13(16)15-14)18-11-8-6-10(7-9-11)17-4-2/h6-9,12H,3-5,14H2,1-2H3,(H,15,16). The van der Waals surface area contributed by atoms with Crippen molar-refractivity contribution in [3.8, 4) is 11.5 Å². The van der Waals surface area contributed by atoms with E-state index >= 15 is 0 Å². The molecule has 5 nitrogen and oxygen atoms in total. The van der Waals surface area contributed by atoms with Gasteiger partial charge in [-0.15, -0.1) is 0 Å². The van der Waals surface area contributed by atoms with Gasteiger partial charge in [0.25, 0.3) is 5.91 Å². The Morgan fingerprint density at radius 2 is 1.89 bits per heavy atom. The van der Waals surface area contributed by atoms with E-state index in [1.54, 1.807) is 12.1 Å². The van der Waals surface area contributed by atoms with Crippen LogP contribution in [-0.4, -0.2) is 18.6 Å². The molecule has 0 aliphatic rings. The summed E-state index contributed by atoms with van der Waals surface area (Å²) in [5.74, 6) is 6.21. The number of benzene rings is 1. The lowest BCUT2D eigenvalue weighted by Crippen LogP contribution is -2.42. The molecule has 0 radical (unpaired) electrons. The molecule has 0 bridgehead atoms. The highest BCUT2D eigenvalue weighted by atomic mass is 16.5. The number of nitrogens with two attached hydrogens (primary N) is 1. The number of nitrogens with one attached hydrogen (secondary N) is 1. The van der Waals surface area contributed by atoms with Gasteiger partial charge in [0.1, 0.15) is 11.5 Å². The van der Waals surface area contributed by atoms with Gasteiger partial charge in [-0.3, -0.25) is 10.2 Å². The molecule has 1 aromatic rings. The summed E-state index contributed by atoms with van der Waals surface area (Å²) in [6, 6.07) is 7.17. The summed E-state index contributed by atoms with van der Waals surface area (Å²) >= 11 is 0. The molecule has 1 rings (SSSR count). The number of carbonyl (C=O) groups is 1. The predicted octanol–water partition coefficient (Wildman–Crippen LogP) is 1.62. The highest BCUT2D eigenvalue weighted by Crippen LogP contribution is 2.19. The first-order chi connectivity index (χ1) is 8.71. The van der Waals surface area contributed by atoms with E-state index in [0.717, 1.165) is 12.2 Å². The molecule has 0 saturated carbocycles. The van der Waals surface area contributed by atoms with Crippen molar-refractivity contribution in [1.82, 2.24) is 5.43 Å². The minimum Gasteiger partial charge on any atom is -0.494 e. The summed E-state index contributed by atoms with van der Waals surface area (Å²) < 4.78 is 10.9. The topological polar surface area (TPSA) is 73.6 Å². The maximum absolute atomic E-state index is 11.5. The van der Waals surface area contributed by atoms with Crippen LogP contribution in [-0.2, 0) is 4.79 Å². The molecule has 0 aromatic heterocycles. The van der Waals surface area contributed by atoms with Crippen LogP contribution in [0.5, 0.6) is 11.5 Å². The van der Waals surface area contributed by atoms with Crippen LogP contribution in [0.3, 0.4) is 0 Å². The summed E-state index contributed by atoms with van der Waals surface area (Å²) in [6.45, 7) is 4.53. The summed E-state index contributed by atoms with van der Waals surface area (Å²) in [5.41, 5.74) is 2.11. The zero-order valence-electron chi connectivity index (χ0n) is 10.8. The molecule has 0 heterocycles. The quantitative estimate of drug-likeness (QED) is 0.439. The second-order valence-electron chi connectivity index (χ2n) is 3.81. The van der Waals surface area contributed by atoms with Gasteiger partial charge in [-0.05, 0) is 37.6 Å². The molecular weight excluding hydrogens is 232 g/mol. The van der Waals surface area contributed by atoms with Crippen LogP contribution < -0.4 is 20.7 Å². The van der Waals surface area contributed by atoms with Crippen LogP contribution >= 0.6 is 0 Å². The van der Waals surface area contributed by atoms with Crippen molar-refractivity contribution < 1.29 is 14.3 Å². The smallest absolute Gasteiger partial charge is 0.274 e. The van der Waals surface area contributed by atoms with Crippen molar-refractivity contribution in [2.24, 2.45) is 5.84 Å². The minimum absolute atomic E-state index is 0.314. The van der Waals surface area contributed by atoms with Gasteiger partial charge in [0, 0.05) is 0 Å². The zero-order chi connectivity index (χ0) is 13.4. The fourth-order valence-electron chi connectivity index (χ4n) is 1.54. The predicted molar refractivity (Wildman–Crippen MR) is 69.3 cm³/mol. The Hall–Kier alpha value is -1.75. The van der Waals surface area contributed by atoms with Crippen molar-refractivity contribution >= 4 is 5.91 Å². The summed E-state index contributed by atoms with van der Waals surface area (Å²) in [7, 11) is 0. The molecule has 1 unspecified atom stereocenters. The Kier molecular flexibility index (Phi) is 6.00. The maximum Gasteiger partial charge on any atom is 0.274 e. The Balaban J connectivity index is 2.65. The average Bonchev–Trinajstić information content (AvgIpc) is 2.40. The Morgan fingerprint density at radius 3 is 2.39 bits per heavy atom. The molecule has 100 valence electrons. The Labute approximate surface area is 107 Å². The average molecular weight is 252 g/mol. The first-order valence-corrected chi connectivity index (χ1v) is 6.11.